The van der Waals surface area contributed by atoms with Crippen molar-refractivity contribution in [1.29, 1.82) is 0 Å². The van der Waals surface area contributed by atoms with Crippen LogP contribution in [0.1, 0.15) is 5.56 Å². The number of pyridine rings is 1. The SMILES string of the molecule is Nc1ncc(-c2ccc(Cl)c(Cl)c2)cc1C1=NNNN1c1cccc(F)c1F. The topological polar surface area (TPSA) is 78.6 Å². The molecule has 0 unspecified atom stereocenters. The molecule has 1 aliphatic rings. The van der Waals surface area contributed by atoms with Gasteiger partial charge in [-0.2, -0.15) is 0 Å². The molecule has 4 rings (SSSR count). The maximum atomic E-state index is 14.3. The number of hydrazine groups is 2. The number of hydrazone groups is 1. The van der Waals surface area contributed by atoms with E-state index in [1.165, 1.54) is 17.1 Å². The second kappa shape index (κ2) is 7.23. The Morgan fingerprint density at radius 3 is 2.61 bits per heavy atom. The molecule has 6 nitrogen and oxygen atoms in total. The Hall–Kier alpha value is -2.94. The van der Waals surface area contributed by atoms with E-state index in [2.05, 4.69) is 21.2 Å². The van der Waals surface area contributed by atoms with E-state index in [0.29, 0.717) is 21.2 Å². The van der Waals surface area contributed by atoms with Crippen molar-refractivity contribution in [3.05, 3.63) is 75.9 Å². The minimum Gasteiger partial charge on any atom is -0.383 e. The van der Waals surface area contributed by atoms with E-state index in [1.54, 1.807) is 30.5 Å². The Morgan fingerprint density at radius 2 is 1.82 bits per heavy atom. The molecular weight excluding hydrogens is 409 g/mol. The fraction of sp³-hybridized carbons (Fsp3) is 0. The zero-order chi connectivity index (χ0) is 19.8. The lowest BCUT2D eigenvalue weighted by Gasteiger charge is -2.20. The van der Waals surface area contributed by atoms with E-state index in [4.69, 9.17) is 28.9 Å². The summed E-state index contributed by atoms with van der Waals surface area (Å²) in [6, 6.07) is 10.7. The van der Waals surface area contributed by atoms with E-state index < -0.39 is 11.6 Å². The number of rotatable bonds is 3. The molecule has 0 amide bonds. The summed E-state index contributed by atoms with van der Waals surface area (Å²) in [4.78, 5) is 4.19. The molecular formula is C18H12Cl2F2N6. The average molecular weight is 421 g/mol. The van der Waals surface area contributed by atoms with Gasteiger partial charge < -0.3 is 5.73 Å². The van der Waals surface area contributed by atoms with Gasteiger partial charge in [0.2, 0.25) is 0 Å². The summed E-state index contributed by atoms with van der Waals surface area (Å²) in [5.74, 6) is -1.63. The number of anilines is 2. The van der Waals surface area contributed by atoms with Crippen LogP contribution in [0.25, 0.3) is 11.1 Å². The van der Waals surface area contributed by atoms with Gasteiger partial charge in [0, 0.05) is 11.8 Å². The number of hydrogen-bond acceptors (Lipinski definition) is 6. The van der Waals surface area contributed by atoms with Gasteiger partial charge >= 0.3 is 0 Å². The number of nitrogens with one attached hydrogen (secondary N) is 2. The minimum absolute atomic E-state index is 0.0666. The molecule has 0 atom stereocenters. The summed E-state index contributed by atoms with van der Waals surface area (Å²) in [7, 11) is 0. The number of nitrogens with two attached hydrogens (primary N) is 1. The molecule has 4 N–H and O–H groups in total. The smallest absolute Gasteiger partial charge is 0.184 e. The van der Waals surface area contributed by atoms with Crippen molar-refractivity contribution < 1.29 is 8.78 Å². The van der Waals surface area contributed by atoms with Gasteiger partial charge in [-0.1, -0.05) is 35.3 Å². The lowest BCUT2D eigenvalue weighted by Crippen LogP contribution is -2.42. The van der Waals surface area contributed by atoms with Crippen LogP contribution in [-0.4, -0.2) is 10.8 Å². The molecule has 2 aromatic carbocycles. The molecule has 0 saturated carbocycles. The first-order chi connectivity index (χ1) is 13.5. The van der Waals surface area contributed by atoms with Crippen LogP contribution in [0, 0.1) is 11.6 Å². The molecule has 0 radical (unpaired) electrons. The first-order valence-corrected chi connectivity index (χ1v) is 8.75. The Balaban J connectivity index is 1.78. The summed E-state index contributed by atoms with van der Waals surface area (Å²) < 4.78 is 27.9. The summed E-state index contributed by atoms with van der Waals surface area (Å²) in [5.41, 5.74) is 13.0. The molecule has 1 aliphatic heterocycles. The number of halogens is 4. The zero-order valence-electron chi connectivity index (χ0n) is 14.0. The van der Waals surface area contributed by atoms with Crippen LogP contribution in [0.5, 0.6) is 0 Å². The number of aromatic nitrogens is 1. The molecule has 2 heterocycles. The van der Waals surface area contributed by atoms with Crippen LogP contribution < -0.4 is 21.8 Å². The van der Waals surface area contributed by atoms with Crippen LogP contribution in [0.15, 0.2) is 53.8 Å². The summed E-state index contributed by atoms with van der Waals surface area (Å²) in [6.45, 7) is 0. The van der Waals surface area contributed by atoms with Crippen LogP contribution >= 0.6 is 23.2 Å². The van der Waals surface area contributed by atoms with Gasteiger partial charge in [-0.05, 0) is 35.9 Å². The third-order valence-corrected chi connectivity index (χ3v) is 4.86. The Kier molecular flexibility index (Phi) is 4.76. The maximum Gasteiger partial charge on any atom is 0.184 e. The molecule has 0 aliphatic carbocycles. The molecule has 0 saturated heterocycles. The standard InChI is InChI=1S/C18H12Cl2F2N6/c19-12-5-4-9(7-13(12)20)10-6-11(17(23)24-8-10)18-25-26-27-28(18)15-3-1-2-14(21)16(15)22/h1-8,26-27H,(H2,23,24). The molecule has 142 valence electrons. The fourth-order valence-electron chi connectivity index (χ4n) is 2.74. The van der Waals surface area contributed by atoms with Gasteiger partial charge in [0.15, 0.2) is 17.5 Å². The fourth-order valence-corrected chi connectivity index (χ4v) is 3.04. The predicted molar refractivity (Wildman–Crippen MR) is 106 cm³/mol. The molecule has 1 aromatic heterocycles. The highest BCUT2D eigenvalue weighted by atomic mass is 35.5. The summed E-state index contributed by atoms with van der Waals surface area (Å²) in [6.07, 6.45) is 1.57. The van der Waals surface area contributed by atoms with E-state index in [1.807, 2.05) is 0 Å². The molecule has 3 aromatic rings. The van der Waals surface area contributed by atoms with Crippen LogP contribution in [-0.2, 0) is 0 Å². The first-order valence-electron chi connectivity index (χ1n) is 7.99. The van der Waals surface area contributed by atoms with Crippen molar-refractivity contribution in [2.75, 3.05) is 10.7 Å². The van der Waals surface area contributed by atoms with Crippen LogP contribution in [0.3, 0.4) is 0 Å². The molecule has 28 heavy (non-hydrogen) atoms. The second-order valence-corrected chi connectivity index (χ2v) is 6.67. The van der Waals surface area contributed by atoms with Crippen molar-refractivity contribution in [3.8, 4) is 11.1 Å². The quantitative estimate of drug-likeness (QED) is 0.594. The highest BCUT2D eigenvalue weighted by Gasteiger charge is 2.26. The van der Waals surface area contributed by atoms with E-state index in [-0.39, 0.29) is 17.3 Å². The van der Waals surface area contributed by atoms with Gasteiger partial charge in [-0.25, -0.2) is 24.3 Å². The van der Waals surface area contributed by atoms with E-state index in [0.717, 1.165) is 11.6 Å². The highest BCUT2D eigenvalue weighted by molar-refractivity contribution is 6.42. The lowest BCUT2D eigenvalue weighted by atomic mass is 10.0. The highest BCUT2D eigenvalue weighted by Crippen LogP contribution is 2.31. The maximum absolute atomic E-state index is 14.3. The average Bonchev–Trinajstić information content (AvgIpc) is 3.16. The second-order valence-electron chi connectivity index (χ2n) is 5.85. The van der Waals surface area contributed by atoms with E-state index >= 15 is 0 Å². The predicted octanol–water partition coefficient (Wildman–Crippen LogP) is 4.11. The van der Waals surface area contributed by atoms with Crippen molar-refractivity contribution in [1.82, 2.24) is 16.1 Å². The summed E-state index contributed by atoms with van der Waals surface area (Å²) >= 11 is 12.1. The van der Waals surface area contributed by atoms with Gasteiger partial charge in [0.05, 0.1) is 15.6 Å². The van der Waals surface area contributed by atoms with Gasteiger partial charge in [0.25, 0.3) is 0 Å². The Bertz CT molecular complexity index is 1110. The zero-order valence-corrected chi connectivity index (χ0v) is 15.6. The minimum atomic E-state index is -1.03. The molecule has 10 heteroatoms. The number of benzene rings is 2. The van der Waals surface area contributed by atoms with E-state index in [9.17, 15) is 8.78 Å². The van der Waals surface area contributed by atoms with Crippen molar-refractivity contribution in [2.45, 2.75) is 0 Å². The number of nitrogen functional groups attached to an aromatic ring is 1. The summed E-state index contributed by atoms with van der Waals surface area (Å²) in [5, 5.41) is 6.14. The third-order valence-electron chi connectivity index (χ3n) is 4.12. The van der Waals surface area contributed by atoms with Gasteiger partial charge in [-0.15, -0.1) is 10.6 Å². The van der Waals surface area contributed by atoms with Gasteiger partial charge in [0.1, 0.15) is 11.5 Å². The number of hydrogen-bond donors (Lipinski definition) is 3. The van der Waals surface area contributed by atoms with Crippen molar-refractivity contribution >= 4 is 40.5 Å². The van der Waals surface area contributed by atoms with Gasteiger partial charge in [-0.3, -0.25) is 0 Å². The van der Waals surface area contributed by atoms with Crippen molar-refractivity contribution in [3.63, 3.8) is 0 Å². The van der Waals surface area contributed by atoms with Crippen LogP contribution in [0.4, 0.5) is 20.3 Å². The Labute approximate surface area is 168 Å². The normalized spacial score (nSPS) is 13.4. The monoisotopic (exact) mass is 420 g/mol. The third kappa shape index (κ3) is 3.22. The van der Waals surface area contributed by atoms with Crippen molar-refractivity contribution in [2.24, 2.45) is 5.10 Å². The van der Waals surface area contributed by atoms with Crippen LogP contribution in [0.2, 0.25) is 10.0 Å². The number of amidine groups is 1. The Morgan fingerprint density at radius 1 is 1.00 bits per heavy atom. The largest absolute Gasteiger partial charge is 0.383 e. The molecule has 0 fully saturated rings. The lowest BCUT2D eigenvalue weighted by molar-refractivity contribution is 0.504. The molecule has 0 spiro atoms. The number of nitrogens with zero attached hydrogens (tertiary/aromatic N) is 3. The first kappa shape index (κ1) is 18.4. The molecule has 0 bridgehead atoms.